The molecule has 8 unspecified atom stereocenters. The fourth-order valence-corrected chi connectivity index (χ4v) is 9.75. The SMILES string of the molecule is CCCCCC1CCC2CCCCCCCC(C3CC4C(CCCC4(C)C)CC3C)CC2C1. The fourth-order valence-electron chi connectivity index (χ4n) is 9.75. The van der Waals surface area contributed by atoms with Crippen molar-refractivity contribution in [2.75, 3.05) is 0 Å². The van der Waals surface area contributed by atoms with Crippen LogP contribution in [-0.4, -0.2) is 0 Å². The zero-order valence-electron chi connectivity index (χ0n) is 23.3. The normalized spacial score (nSPS) is 42.5. The van der Waals surface area contributed by atoms with Gasteiger partial charge < -0.3 is 0 Å². The van der Waals surface area contributed by atoms with Crippen molar-refractivity contribution < 1.29 is 0 Å². The van der Waals surface area contributed by atoms with Crippen LogP contribution in [0.1, 0.15) is 156 Å². The molecule has 0 nitrogen and oxygen atoms in total. The summed E-state index contributed by atoms with van der Waals surface area (Å²) < 4.78 is 0. The van der Waals surface area contributed by atoms with Gasteiger partial charge in [0.2, 0.25) is 0 Å². The Hall–Kier alpha value is 0. The predicted octanol–water partition coefficient (Wildman–Crippen LogP) is 10.8. The van der Waals surface area contributed by atoms with Crippen LogP contribution in [0.4, 0.5) is 0 Å². The Bertz CT molecular complexity index is 560. The van der Waals surface area contributed by atoms with Gasteiger partial charge in [0.1, 0.15) is 0 Å². The number of hydrogen-bond acceptors (Lipinski definition) is 0. The molecule has 0 aliphatic heterocycles. The van der Waals surface area contributed by atoms with Crippen LogP contribution >= 0.6 is 0 Å². The summed E-state index contributed by atoms with van der Waals surface area (Å²) in [6.45, 7) is 10.3. The van der Waals surface area contributed by atoms with E-state index in [0.29, 0.717) is 5.41 Å². The lowest BCUT2D eigenvalue weighted by Crippen LogP contribution is -2.44. The minimum atomic E-state index is 0.604. The molecule has 4 rings (SSSR count). The van der Waals surface area contributed by atoms with E-state index in [9.17, 15) is 0 Å². The summed E-state index contributed by atoms with van der Waals surface area (Å²) in [4.78, 5) is 0. The fraction of sp³-hybridized carbons (Fsp3) is 1.00. The molecule has 0 spiro atoms. The molecule has 4 saturated carbocycles. The summed E-state index contributed by atoms with van der Waals surface area (Å²) in [5.74, 6) is 8.34. The molecule has 4 aliphatic carbocycles. The molecule has 0 bridgehead atoms. The van der Waals surface area contributed by atoms with Crippen LogP contribution in [-0.2, 0) is 0 Å². The van der Waals surface area contributed by atoms with E-state index in [4.69, 9.17) is 0 Å². The molecular weight excluding hydrogens is 396 g/mol. The quantitative estimate of drug-likeness (QED) is 0.361. The van der Waals surface area contributed by atoms with Crippen LogP contribution in [0.3, 0.4) is 0 Å². The Morgan fingerprint density at radius 2 is 1.36 bits per heavy atom. The Morgan fingerprint density at radius 1 is 0.636 bits per heavy atom. The van der Waals surface area contributed by atoms with Gasteiger partial charge in [0.25, 0.3) is 0 Å². The van der Waals surface area contributed by atoms with Crippen molar-refractivity contribution in [3.05, 3.63) is 0 Å². The lowest BCUT2D eigenvalue weighted by Gasteiger charge is -2.53. The van der Waals surface area contributed by atoms with Gasteiger partial charge >= 0.3 is 0 Å². The third kappa shape index (κ3) is 6.82. The van der Waals surface area contributed by atoms with E-state index in [1.807, 2.05) is 0 Å². The van der Waals surface area contributed by atoms with Gasteiger partial charge in [-0.3, -0.25) is 0 Å². The zero-order chi connectivity index (χ0) is 23.3. The van der Waals surface area contributed by atoms with Crippen LogP contribution in [0.15, 0.2) is 0 Å². The van der Waals surface area contributed by atoms with Crippen molar-refractivity contribution in [2.24, 2.45) is 52.8 Å². The van der Waals surface area contributed by atoms with Gasteiger partial charge in [-0.25, -0.2) is 0 Å². The minimum absolute atomic E-state index is 0.604. The van der Waals surface area contributed by atoms with Gasteiger partial charge in [-0.15, -0.1) is 0 Å². The molecule has 0 aromatic carbocycles. The average molecular weight is 457 g/mol. The van der Waals surface area contributed by atoms with E-state index in [2.05, 4.69) is 27.7 Å². The summed E-state index contributed by atoms with van der Waals surface area (Å²) in [6.07, 6.45) is 30.7. The third-order valence-electron chi connectivity index (χ3n) is 11.7. The second-order valence-electron chi connectivity index (χ2n) is 14.4. The molecule has 4 aliphatic rings. The number of fused-ring (bicyclic) bond motifs is 2. The van der Waals surface area contributed by atoms with Gasteiger partial charge in [0.15, 0.2) is 0 Å². The summed E-state index contributed by atoms with van der Waals surface area (Å²) in [6, 6.07) is 0. The molecule has 0 saturated heterocycles. The summed E-state index contributed by atoms with van der Waals surface area (Å²) in [5.41, 5.74) is 0.604. The van der Waals surface area contributed by atoms with Crippen LogP contribution in [0.2, 0.25) is 0 Å². The maximum absolute atomic E-state index is 2.68. The van der Waals surface area contributed by atoms with Gasteiger partial charge in [0, 0.05) is 0 Å². The maximum atomic E-state index is 2.68. The summed E-state index contributed by atoms with van der Waals surface area (Å²) in [5, 5.41) is 0. The smallest absolute Gasteiger partial charge is 0.0323 e. The molecule has 0 heterocycles. The first-order chi connectivity index (χ1) is 16.0. The summed E-state index contributed by atoms with van der Waals surface area (Å²) in [7, 11) is 0. The molecule has 0 radical (unpaired) electrons. The molecule has 0 heteroatoms. The molecule has 0 N–H and O–H groups in total. The summed E-state index contributed by atoms with van der Waals surface area (Å²) >= 11 is 0. The van der Waals surface area contributed by atoms with E-state index in [1.165, 1.54) is 64.2 Å². The van der Waals surface area contributed by atoms with Gasteiger partial charge in [-0.2, -0.15) is 0 Å². The first-order valence-electron chi connectivity index (χ1n) is 16.0. The molecule has 0 aromatic heterocycles. The van der Waals surface area contributed by atoms with Crippen molar-refractivity contribution in [3.8, 4) is 0 Å². The highest BCUT2D eigenvalue weighted by Crippen LogP contribution is 2.56. The second-order valence-corrected chi connectivity index (χ2v) is 14.4. The minimum Gasteiger partial charge on any atom is -0.0654 e. The number of unbranched alkanes of at least 4 members (excludes halogenated alkanes) is 2. The maximum Gasteiger partial charge on any atom is -0.0323 e. The van der Waals surface area contributed by atoms with Crippen molar-refractivity contribution >= 4 is 0 Å². The molecule has 192 valence electrons. The Morgan fingerprint density at radius 3 is 2.15 bits per heavy atom. The molecule has 0 aromatic rings. The van der Waals surface area contributed by atoms with Crippen LogP contribution < -0.4 is 0 Å². The van der Waals surface area contributed by atoms with Crippen molar-refractivity contribution in [3.63, 3.8) is 0 Å². The molecular formula is C33H60. The van der Waals surface area contributed by atoms with Gasteiger partial charge in [-0.05, 0) is 91.3 Å². The first kappa shape index (κ1) is 26.1. The Balaban J connectivity index is 1.47. The van der Waals surface area contributed by atoms with E-state index < -0.39 is 0 Å². The standard InChI is InChI=1S/C33H60/c1-5-6-10-14-26-18-19-27-15-11-8-7-9-12-16-28(23-30(27)22-26)31-24-32-29(21-25(31)2)17-13-20-33(32,3)4/h25-32H,5-24H2,1-4H3. The van der Waals surface area contributed by atoms with E-state index in [0.717, 1.165) is 47.3 Å². The predicted molar refractivity (Wildman–Crippen MR) is 145 cm³/mol. The third-order valence-corrected chi connectivity index (χ3v) is 11.7. The number of rotatable bonds is 5. The number of hydrogen-bond donors (Lipinski definition) is 0. The van der Waals surface area contributed by atoms with Crippen molar-refractivity contribution in [1.82, 2.24) is 0 Å². The monoisotopic (exact) mass is 456 g/mol. The van der Waals surface area contributed by atoms with E-state index in [1.54, 1.807) is 64.2 Å². The lowest BCUT2D eigenvalue weighted by atomic mass is 9.52. The second kappa shape index (κ2) is 12.3. The van der Waals surface area contributed by atoms with Crippen LogP contribution in [0.25, 0.3) is 0 Å². The highest BCUT2D eigenvalue weighted by atomic mass is 14.5. The van der Waals surface area contributed by atoms with Crippen LogP contribution in [0, 0.1) is 52.8 Å². The Kier molecular flexibility index (Phi) is 9.72. The van der Waals surface area contributed by atoms with Gasteiger partial charge in [0.05, 0.1) is 0 Å². The van der Waals surface area contributed by atoms with E-state index >= 15 is 0 Å². The topological polar surface area (TPSA) is 0 Å². The zero-order valence-corrected chi connectivity index (χ0v) is 23.3. The first-order valence-corrected chi connectivity index (χ1v) is 16.0. The molecule has 33 heavy (non-hydrogen) atoms. The van der Waals surface area contributed by atoms with E-state index in [-0.39, 0.29) is 0 Å². The van der Waals surface area contributed by atoms with Crippen molar-refractivity contribution in [1.29, 1.82) is 0 Å². The largest absolute Gasteiger partial charge is 0.0654 e. The lowest BCUT2D eigenvalue weighted by molar-refractivity contribution is -0.0290. The molecule has 4 fully saturated rings. The highest BCUT2D eigenvalue weighted by molar-refractivity contribution is 4.96. The van der Waals surface area contributed by atoms with Crippen molar-refractivity contribution in [2.45, 2.75) is 156 Å². The highest BCUT2D eigenvalue weighted by Gasteiger charge is 2.46. The molecule has 8 atom stereocenters. The average Bonchev–Trinajstić information content (AvgIpc) is 2.82. The van der Waals surface area contributed by atoms with Gasteiger partial charge in [-0.1, -0.05) is 118 Å². The molecule has 0 amide bonds. The van der Waals surface area contributed by atoms with Crippen LogP contribution in [0.5, 0.6) is 0 Å². The Labute approximate surface area is 208 Å².